The van der Waals surface area contributed by atoms with Crippen LogP contribution in [0.25, 0.3) is 0 Å². The first-order valence-corrected chi connectivity index (χ1v) is 14.2. The molecule has 0 bridgehead atoms. The van der Waals surface area contributed by atoms with Gasteiger partial charge in [-0.2, -0.15) is 10.1 Å². The van der Waals surface area contributed by atoms with Crippen LogP contribution in [-0.2, 0) is 5.54 Å². The maximum atomic E-state index is 14.3. The molecule has 2 aromatic rings. The molecule has 1 amide bonds. The predicted molar refractivity (Wildman–Crippen MR) is 139 cm³/mol. The normalized spacial score (nSPS) is 25.8. The first-order chi connectivity index (χ1) is 17.7. The van der Waals surface area contributed by atoms with Crippen LogP contribution in [0.4, 0.5) is 5.95 Å². The molecule has 1 aliphatic heterocycles. The molecule has 36 heavy (non-hydrogen) atoms. The van der Waals surface area contributed by atoms with Crippen molar-refractivity contribution in [3.8, 4) is 11.5 Å². The highest BCUT2D eigenvalue weighted by molar-refractivity contribution is 6.06. The number of carbonyl (C=O) groups is 1. The zero-order valence-corrected chi connectivity index (χ0v) is 21.9. The highest BCUT2D eigenvalue weighted by Crippen LogP contribution is 2.53. The Kier molecular flexibility index (Phi) is 6.42. The van der Waals surface area contributed by atoms with Gasteiger partial charge < -0.3 is 9.47 Å². The van der Waals surface area contributed by atoms with Gasteiger partial charge in [0.15, 0.2) is 17.3 Å². The van der Waals surface area contributed by atoms with Crippen LogP contribution in [0.15, 0.2) is 18.2 Å². The van der Waals surface area contributed by atoms with E-state index in [9.17, 15) is 4.79 Å². The second-order valence-electron chi connectivity index (χ2n) is 11.4. The number of methoxy groups -OCH3 is 2. The maximum Gasteiger partial charge on any atom is 0.261 e. The Bertz CT molecular complexity index is 1100. The van der Waals surface area contributed by atoms with Crippen LogP contribution in [0.3, 0.4) is 0 Å². The lowest BCUT2D eigenvalue weighted by atomic mass is 9.64. The fourth-order valence-electron chi connectivity index (χ4n) is 7.76. The van der Waals surface area contributed by atoms with Gasteiger partial charge in [0.05, 0.1) is 19.8 Å². The molecule has 0 saturated heterocycles. The first-order valence-electron chi connectivity index (χ1n) is 14.2. The topological polar surface area (TPSA) is 69.5 Å². The van der Waals surface area contributed by atoms with Crippen LogP contribution in [0.5, 0.6) is 11.5 Å². The van der Waals surface area contributed by atoms with Crippen molar-refractivity contribution >= 4 is 11.9 Å². The van der Waals surface area contributed by atoms with E-state index in [0.717, 1.165) is 50.3 Å². The number of anilines is 1. The van der Waals surface area contributed by atoms with Gasteiger partial charge >= 0.3 is 0 Å². The molecule has 1 aromatic carbocycles. The molecule has 7 heteroatoms. The molecular weight excluding hydrogens is 452 g/mol. The minimum absolute atomic E-state index is 0.00218. The number of ether oxygens (including phenoxy) is 2. The summed E-state index contributed by atoms with van der Waals surface area (Å²) < 4.78 is 13.2. The summed E-state index contributed by atoms with van der Waals surface area (Å²) in [5, 5.41) is 5.30. The van der Waals surface area contributed by atoms with Crippen molar-refractivity contribution in [2.75, 3.05) is 19.1 Å². The summed E-state index contributed by atoms with van der Waals surface area (Å²) in [4.78, 5) is 21.5. The minimum Gasteiger partial charge on any atom is -0.493 e. The van der Waals surface area contributed by atoms with E-state index in [0.29, 0.717) is 28.9 Å². The van der Waals surface area contributed by atoms with Crippen LogP contribution >= 0.6 is 0 Å². The molecular formula is C29H40N4O3. The third-order valence-corrected chi connectivity index (χ3v) is 9.53. The number of benzene rings is 1. The lowest BCUT2D eigenvalue weighted by Gasteiger charge is -2.55. The number of fused-ring (bicyclic) bond motifs is 4. The smallest absolute Gasteiger partial charge is 0.261 e. The highest BCUT2D eigenvalue weighted by Gasteiger charge is 2.55. The molecule has 1 aromatic heterocycles. The molecule has 3 saturated carbocycles. The van der Waals surface area contributed by atoms with E-state index in [1.54, 1.807) is 14.2 Å². The third kappa shape index (κ3) is 3.81. The third-order valence-electron chi connectivity index (χ3n) is 9.53. The fourth-order valence-corrected chi connectivity index (χ4v) is 7.76. The standard InChI is InChI=1S/C29H40N4O3/c1-35-24-16-15-21(19-25(24)36-2)27(34)32-23-14-8-7-13-22(23)29(17-9-4-10-18-29)33-28(32)30-26(31-33)20-11-5-3-6-12-20/h15-16,19-20,22-23H,3-14,17-18H2,1-2H3. The van der Waals surface area contributed by atoms with Crippen LogP contribution < -0.4 is 14.4 Å². The first kappa shape index (κ1) is 23.8. The van der Waals surface area contributed by atoms with Crippen LogP contribution in [0.2, 0.25) is 0 Å². The Morgan fingerprint density at radius 1 is 0.889 bits per heavy atom. The maximum absolute atomic E-state index is 14.3. The van der Waals surface area contributed by atoms with Gasteiger partial charge in [0, 0.05) is 23.4 Å². The summed E-state index contributed by atoms with van der Waals surface area (Å²) in [5.74, 6) is 3.82. The molecule has 7 nitrogen and oxygen atoms in total. The summed E-state index contributed by atoms with van der Waals surface area (Å²) in [7, 11) is 3.24. The van der Waals surface area contributed by atoms with E-state index in [4.69, 9.17) is 19.6 Å². The molecule has 2 atom stereocenters. The number of amides is 1. The second-order valence-corrected chi connectivity index (χ2v) is 11.4. The Morgan fingerprint density at radius 2 is 1.58 bits per heavy atom. The molecule has 4 aliphatic rings. The largest absolute Gasteiger partial charge is 0.493 e. The van der Waals surface area contributed by atoms with Gasteiger partial charge in [-0.25, -0.2) is 4.68 Å². The molecule has 3 aliphatic carbocycles. The van der Waals surface area contributed by atoms with Gasteiger partial charge in [-0.3, -0.25) is 9.69 Å². The number of hydrogen-bond acceptors (Lipinski definition) is 5. The average molecular weight is 493 g/mol. The quantitative estimate of drug-likeness (QED) is 0.507. The van der Waals surface area contributed by atoms with Gasteiger partial charge in [-0.05, 0) is 56.7 Å². The van der Waals surface area contributed by atoms with Gasteiger partial charge in [-0.15, -0.1) is 0 Å². The summed E-state index contributed by atoms with van der Waals surface area (Å²) >= 11 is 0. The van der Waals surface area contributed by atoms with Crippen molar-refractivity contribution in [2.24, 2.45) is 5.92 Å². The molecule has 2 heterocycles. The predicted octanol–water partition coefficient (Wildman–Crippen LogP) is 6.22. The van der Waals surface area contributed by atoms with Crippen molar-refractivity contribution in [2.45, 2.75) is 107 Å². The number of hydrogen-bond donors (Lipinski definition) is 0. The van der Waals surface area contributed by atoms with Crippen LogP contribution in [-0.4, -0.2) is 40.9 Å². The minimum atomic E-state index is 0.00218. The van der Waals surface area contributed by atoms with E-state index < -0.39 is 0 Å². The van der Waals surface area contributed by atoms with E-state index in [-0.39, 0.29) is 17.5 Å². The van der Waals surface area contributed by atoms with E-state index in [2.05, 4.69) is 4.68 Å². The lowest BCUT2D eigenvalue weighted by molar-refractivity contribution is 0.0309. The second kappa shape index (κ2) is 9.71. The molecule has 0 N–H and O–H groups in total. The average Bonchev–Trinajstić information content (AvgIpc) is 3.40. The number of carbonyl (C=O) groups excluding carboxylic acids is 1. The summed E-state index contributed by atoms with van der Waals surface area (Å²) in [6, 6.07) is 5.67. The van der Waals surface area contributed by atoms with Crippen LogP contribution in [0, 0.1) is 5.92 Å². The van der Waals surface area contributed by atoms with Crippen molar-refractivity contribution in [1.29, 1.82) is 0 Å². The molecule has 6 rings (SSSR count). The number of nitrogens with zero attached hydrogens (tertiary/aromatic N) is 4. The van der Waals surface area contributed by atoms with Crippen LogP contribution in [0.1, 0.15) is 112 Å². The van der Waals surface area contributed by atoms with E-state index in [1.165, 1.54) is 51.4 Å². The zero-order chi connectivity index (χ0) is 24.7. The molecule has 1 spiro atoms. The van der Waals surface area contributed by atoms with Gasteiger partial charge in [0.1, 0.15) is 0 Å². The van der Waals surface area contributed by atoms with Gasteiger partial charge in [0.2, 0.25) is 5.95 Å². The van der Waals surface area contributed by atoms with Crippen molar-refractivity contribution < 1.29 is 14.3 Å². The monoisotopic (exact) mass is 492 g/mol. The van der Waals surface area contributed by atoms with Crippen molar-refractivity contribution in [3.05, 3.63) is 29.6 Å². The molecule has 2 unspecified atom stereocenters. The summed E-state index contributed by atoms with van der Waals surface area (Å²) in [6.07, 6.45) is 16.8. The fraction of sp³-hybridized carbons (Fsp3) is 0.690. The number of rotatable bonds is 4. The Balaban J connectivity index is 1.48. The van der Waals surface area contributed by atoms with E-state index >= 15 is 0 Å². The summed E-state index contributed by atoms with van der Waals surface area (Å²) in [5.41, 5.74) is 0.623. The number of aromatic nitrogens is 3. The Morgan fingerprint density at radius 3 is 2.33 bits per heavy atom. The van der Waals surface area contributed by atoms with Gasteiger partial charge in [0.25, 0.3) is 5.91 Å². The van der Waals surface area contributed by atoms with Gasteiger partial charge in [-0.1, -0.05) is 51.4 Å². The van der Waals surface area contributed by atoms with Crippen molar-refractivity contribution in [3.63, 3.8) is 0 Å². The lowest BCUT2D eigenvalue weighted by Crippen LogP contribution is -2.61. The summed E-state index contributed by atoms with van der Waals surface area (Å²) in [6.45, 7) is 0. The Hall–Kier alpha value is -2.57. The van der Waals surface area contributed by atoms with Crippen molar-refractivity contribution in [1.82, 2.24) is 14.8 Å². The molecule has 3 fully saturated rings. The zero-order valence-electron chi connectivity index (χ0n) is 21.9. The SMILES string of the molecule is COc1ccc(C(=O)N2c3nc(C4CCCCC4)nn3C3(CCCCC3)C3CCCCC32)cc1OC. The van der Waals surface area contributed by atoms with E-state index in [1.807, 2.05) is 23.1 Å². The highest BCUT2D eigenvalue weighted by atomic mass is 16.5. The Labute approximate surface area is 214 Å². The molecule has 0 radical (unpaired) electrons. The molecule has 194 valence electrons.